The number of hydrogen-bond donors (Lipinski definition) is 0. The van der Waals surface area contributed by atoms with Gasteiger partial charge in [-0.05, 0) is 43.7 Å². The number of carbonyl (C=O) groups is 1. The number of rotatable bonds is 5. The van der Waals surface area contributed by atoms with Crippen LogP contribution in [0.4, 0.5) is 18.9 Å². The van der Waals surface area contributed by atoms with Gasteiger partial charge in [0.1, 0.15) is 5.75 Å². The molecule has 0 bridgehead atoms. The Bertz CT molecular complexity index is 972. The lowest BCUT2D eigenvalue weighted by Crippen LogP contribution is -2.27. The molecule has 2 aromatic rings. The monoisotopic (exact) mass is 437 g/mol. The van der Waals surface area contributed by atoms with Crippen molar-refractivity contribution >= 4 is 46.0 Å². The van der Waals surface area contributed by atoms with Gasteiger partial charge in [0.25, 0.3) is 5.91 Å². The third-order valence-corrected chi connectivity index (χ3v) is 5.64. The lowest BCUT2D eigenvalue weighted by atomic mass is 10.1. The summed E-state index contributed by atoms with van der Waals surface area (Å²) in [4.78, 5) is 14.3. The summed E-state index contributed by atoms with van der Waals surface area (Å²) in [5.74, 6) is 0.170. The Morgan fingerprint density at radius 1 is 1.21 bits per heavy atom. The normalized spacial score (nSPS) is 17.1. The van der Waals surface area contributed by atoms with E-state index in [9.17, 15) is 18.0 Å². The number of carbonyl (C=O) groups excluding carboxylic acids is 1. The molecule has 1 fully saturated rings. The molecule has 2 aromatic carbocycles. The minimum absolute atomic E-state index is 0.00386. The van der Waals surface area contributed by atoms with Crippen molar-refractivity contribution < 1.29 is 22.7 Å². The third kappa shape index (κ3) is 4.82. The number of halogens is 3. The number of amides is 1. The number of anilines is 1. The van der Waals surface area contributed by atoms with Gasteiger partial charge in [-0.2, -0.15) is 13.2 Å². The number of hydrogen-bond acceptors (Lipinski definition) is 4. The zero-order chi connectivity index (χ0) is 21.2. The van der Waals surface area contributed by atoms with E-state index >= 15 is 0 Å². The highest BCUT2D eigenvalue weighted by Crippen LogP contribution is 2.39. The van der Waals surface area contributed by atoms with Crippen LogP contribution in [0.2, 0.25) is 0 Å². The molecule has 1 saturated heterocycles. The molecule has 3 rings (SSSR count). The van der Waals surface area contributed by atoms with Crippen molar-refractivity contribution in [3.8, 4) is 5.75 Å². The van der Waals surface area contributed by atoms with Crippen molar-refractivity contribution in [1.82, 2.24) is 0 Å². The van der Waals surface area contributed by atoms with E-state index in [-0.39, 0.29) is 16.1 Å². The Morgan fingerprint density at radius 3 is 2.62 bits per heavy atom. The van der Waals surface area contributed by atoms with Gasteiger partial charge in [-0.25, -0.2) is 0 Å². The molecular formula is C21H18F3NO2S2. The van der Waals surface area contributed by atoms with E-state index in [1.165, 1.54) is 12.1 Å². The fourth-order valence-corrected chi connectivity index (χ4v) is 3.95. The average molecular weight is 438 g/mol. The summed E-state index contributed by atoms with van der Waals surface area (Å²) in [6.45, 7) is 3.96. The van der Waals surface area contributed by atoms with Crippen LogP contribution in [0, 0.1) is 0 Å². The molecule has 0 unspecified atom stereocenters. The summed E-state index contributed by atoms with van der Waals surface area (Å²) < 4.78 is 45.1. The summed E-state index contributed by atoms with van der Waals surface area (Å²) in [5, 5.41) is 0. The van der Waals surface area contributed by atoms with Gasteiger partial charge in [0.2, 0.25) is 0 Å². The fourth-order valence-electron chi connectivity index (χ4n) is 2.66. The van der Waals surface area contributed by atoms with Crippen molar-refractivity contribution in [2.45, 2.75) is 32.5 Å². The van der Waals surface area contributed by atoms with E-state index in [0.717, 1.165) is 35.2 Å². The molecule has 0 aromatic heterocycles. The molecule has 1 amide bonds. The largest absolute Gasteiger partial charge is 0.490 e. The van der Waals surface area contributed by atoms with Crippen molar-refractivity contribution in [3.63, 3.8) is 0 Å². The fraction of sp³-hybridized carbons (Fsp3) is 0.238. The minimum atomic E-state index is -4.50. The van der Waals surface area contributed by atoms with Gasteiger partial charge in [0, 0.05) is 5.56 Å². The van der Waals surface area contributed by atoms with E-state index in [0.29, 0.717) is 16.2 Å². The second kappa shape index (κ2) is 8.59. The second-order valence-corrected chi connectivity index (χ2v) is 8.12. The molecule has 8 heteroatoms. The third-order valence-electron chi connectivity index (χ3n) is 4.33. The van der Waals surface area contributed by atoms with E-state index in [1.807, 2.05) is 38.1 Å². The van der Waals surface area contributed by atoms with Crippen LogP contribution in [0.3, 0.4) is 0 Å². The lowest BCUT2D eigenvalue weighted by molar-refractivity contribution is -0.137. The van der Waals surface area contributed by atoms with Crippen LogP contribution in [0.25, 0.3) is 6.08 Å². The molecule has 0 aliphatic carbocycles. The Hall–Kier alpha value is -2.32. The van der Waals surface area contributed by atoms with E-state index in [4.69, 9.17) is 17.0 Å². The molecular weight excluding hydrogens is 419 g/mol. The van der Waals surface area contributed by atoms with Gasteiger partial charge < -0.3 is 4.74 Å². The number of thioether (sulfide) groups is 1. The quantitative estimate of drug-likeness (QED) is 0.406. The van der Waals surface area contributed by atoms with Gasteiger partial charge in [-0.15, -0.1) is 0 Å². The number of benzene rings is 2. The molecule has 1 heterocycles. The summed E-state index contributed by atoms with van der Waals surface area (Å²) in [7, 11) is 0. The van der Waals surface area contributed by atoms with Gasteiger partial charge in [0.05, 0.1) is 22.3 Å². The standard InChI is InChI=1S/C21H18F3NO2S2/c1-3-13(2)27-17-10-5-4-7-14(17)11-18-19(26)25(20(28)29-18)16-9-6-8-15(12-16)21(22,23)24/h4-13H,3H2,1-2H3/b18-11-/t13-/m0/s1. The highest BCUT2D eigenvalue weighted by molar-refractivity contribution is 8.27. The number of thiocarbonyl (C=S) groups is 1. The summed E-state index contributed by atoms with van der Waals surface area (Å²) in [6, 6.07) is 11.9. The Balaban J connectivity index is 1.92. The Labute approximate surface area is 176 Å². The molecule has 29 heavy (non-hydrogen) atoms. The van der Waals surface area contributed by atoms with Crippen LogP contribution in [0.5, 0.6) is 5.75 Å². The molecule has 1 atom stereocenters. The van der Waals surface area contributed by atoms with Crippen molar-refractivity contribution in [1.29, 1.82) is 0 Å². The maximum Gasteiger partial charge on any atom is 0.416 e. The SMILES string of the molecule is CC[C@H](C)Oc1ccccc1/C=C1\SC(=S)N(c2cccc(C(F)(F)F)c2)C1=O. The van der Waals surface area contributed by atoms with Gasteiger partial charge >= 0.3 is 6.18 Å². The van der Waals surface area contributed by atoms with Crippen molar-refractivity contribution in [3.05, 3.63) is 64.6 Å². The maximum absolute atomic E-state index is 13.0. The molecule has 3 nitrogen and oxygen atoms in total. The lowest BCUT2D eigenvalue weighted by Gasteiger charge is -2.16. The van der Waals surface area contributed by atoms with Crippen LogP contribution >= 0.6 is 24.0 Å². The first kappa shape index (κ1) is 21.4. The van der Waals surface area contributed by atoms with Crippen LogP contribution in [-0.4, -0.2) is 16.3 Å². The smallest absolute Gasteiger partial charge is 0.416 e. The zero-order valence-electron chi connectivity index (χ0n) is 15.7. The molecule has 0 N–H and O–H groups in total. The average Bonchev–Trinajstić information content (AvgIpc) is 2.96. The molecule has 0 radical (unpaired) electrons. The van der Waals surface area contributed by atoms with Crippen LogP contribution < -0.4 is 9.64 Å². The van der Waals surface area contributed by atoms with E-state index in [2.05, 4.69) is 0 Å². The Kier molecular flexibility index (Phi) is 6.33. The highest BCUT2D eigenvalue weighted by Gasteiger charge is 2.36. The second-order valence-electron chi connectivity index (χ2n) is 6.44. The maximum atomic E-state index is 13.0. The first-order valence-corrected chi connectivity index (χ1v) is 10.1. The van der Waals surface area contributed by atoms with Crippen LogP contribution in [0.15, 0.2) is 53.4 Å². The highest BCUT2D eigenvalue weighted by atomic mass is 32.2. The molecule has 152 valence electrons. The van der Waals surface area contributed by atoms with Crippen LogP contribution in [-0.2, 0) is 11.0 Å². The number of para-hydroxylation sites is 1. The Morgan fingerprint density at radius 2 is 1.93 bits per heavy atom. The predicted molar refractivity (Wildman–Crippen MR) is 114 cm³/mol. The zero-order valence-corrected chi connectivity index (χ0v) is 17.3. The molecule has 1 aliphatic heterocycles. The van der Waals surface area contributed by atoms with Gasteiger partial charge in [-0.1, -0.05) is 55.2 Å². The summed E-state index contributed by atoms with van der Waals surface area (Å²) in [6.07, 6.45) is -2.01. The van der Waals surface area contributed by atoms with Crippen LogP contribution in [0.1, 0.15) is 31.4 Å². The number of ether oxygens (including phenoxy) is 1. The topological polar surface area (TPSA) is 29.5 Å². The number of nitrogens with zero attached hydrogens (tertiary/aromatic N) is 1. The summed E-state index contributed by atoms with van der Waals surface area (Å²) in [5.41, 5.74) is -0.0347. The minimum Gasteiger partial charge on any atom is -0.490 e. The van der Waals surface area contributed by atoms with Crippen molar-refractivity contribution in [2.75, 3.05) is 4.90 Å². The van der Waals surface area contributed by atoms with Crippen molar-refractivity contribution in [2.24, 2.45) is 0 Å². The van der Waals surface area contributed by atoms with Gasteiger partial charge in [0.15, 0.2) is 4.32 Å². The number of alkyl halides is 3. The van der Waals surface area contributed by atoms with E-state index < -0.39 is 17.6 Å². The summed E-state index contributed by atoms with van der Waals surface area (Å²) >= 11 is 6.32. The molecule has 0 saturated carbocycles. The molecule has 0 spiro atoms. The molecule has 1 aliphatic rings. The van der Waals surface area contributed by atoms with Gasteiger partial charge in [-0.3, -0.25) is 9.69 Å². The first-order chi connectivity index (χ1) is 13.7. The van der Waals surface area contributed by atoms with E-state index in [1.54, 1.807) is 6.08 Å². The predicted octanol–water partition coefficient (Wildman–Crippen LogP) is 6.29. The first-order valence-electron chi connectivity index (χ1n) is 8.91.